The quantitative estimate of drug-likeness (QED) is 0.748. The van der Waals surface area contributed by atoms with Crippen molar-refractivity contribution >= 4 is 15.9 Å². The Morgan fingerprint density at radius 2 is 2.14 bits per heavy atom. The van der Waals surface area contributed by atoms with Crippen LogP contribution < -0.4 is 5.32 Å². The Morgan fingerprint density at radius 3 is 3.00 bits per heavy atom. The van der Waals surface area contributed by atoms with Crippen LogP contribution >= 0.6 is 15.9 Å². The average molecular weight is 252 g/mol. The lowest BCUT2D eigenvalue weighted by molar-refractivity contribution is 0.487. The van der Waals surface area contributed by atoms with Crippen molar-refractivity contribution in [3.8, 4) is 0 Å². The molecule has 3 unspecified atom stereocenters. The number of hydrogen-bond acceptors (Lipinski definition) is 1. The highest BCUT2D eigenvalue weighted by atomic mass is 79.9. The summed E-state index contributed by atoms with van der Waals surface area (Å²) >= 11 is 3.56. The molecule has 2 aliphatic rings. The Hall–Kier alpha value is -0.340. The van der Waals surface area contributed by atoms with Gasteiger partial charge in [-0.3, -0.25) is 0 Å². The lowest BCUT2D eigenvalue weighted by atomic mass is 9.91. The highest BCUT2D eigenvalue weighted by molar-refractivity contribution is 9.10. The number of nitrogens with one attached hydrogen (secondary N) is 1. The van der Waals surface area contributed by atoms with Gasteiger partial charge in [-0.25, -0.2) is 0 Å². The van der Waals surface area contributed by atoms with E-state index in [9.17, 15) is 0 Å². The van der Waals surface area contributed by atoms with E-state index in [1.54, 1.807) is 11.1 Å². The van der Waals surface area contributed by atoms with Crippen LogP contribution in [0.4, 0.5) is 0 Å². The molecule has 74 valence electrons. The summed E-state index contributed by atoms with van der Waals surface area (Å²) in [6.45, 7) is 4.73. The number of rotatable bonds is 0. The van der Waals surface area contributed by atoms with Gasteiger partial charge in [0.2, 0.25) is 0 Å². The highest BCUT2D eigenvalue weighted by Crippen LogP contribution is 2.48. The average Bonchev–Trinajstić information content (AvgIpc) is 2.72. The molecule has 1 aromatic rings. The van der Waals surface area contributed by atoms with Crippen molar-refractivity contribution in [3.63, 3.8) is 0 Å². The zero-order chi connectivity index (χ0) is 9.71. The smallest absolute Gasteiger partial charge is 0.0178 e. The van der Waals surface area contributed by atoms with Gasteiger partial charge in [0.25, 0.3) is 0 Å². The van der Waals surface area contributed by atoms with E-state index in [2.05, 4.69) is 46.4 Å². The van der Waals surface area contributed by atoms with Gasteiger partial charge in [0.15, 0.2) is 0 Å². The maximum Gasteiger partial charge on any atom is 0.0178 e. The molecule has 0 amide bonds. The first-order valence-corrected chi connectivity index (χ1v) is 6.06. The molecule has 0 spiro atoms. The maximum absolute atomic E-state index is 3.56. The van der Waals surface area contributed by atoms with Crippen LogP contribution in [0.15, 0.2) is 22.7 Å². The largest absolute Gasteiger partial charge is 0.316 e. The molecule has 1 nitrogen and oxygen atoms in total. The van der Waals surface area contributed by atoms with E-state index in [1.165, 1.54) is 17.6 Å². The third kappa shape index (κ3) is 1.10. The summed E-state index contributed by atoms with van der Waals surface area (Å²) in [6, 6.07) is 6.78. The summed E-state index contributed by atoms with van der Waals surface area (Å²) in [6.07, 6.45) is 0. The zero-order valence-electron chi connectivity index (χ0n) is 8.26. The monoisotopic (exact) mass is 251 g/mol. The van der Waals surface area contributed by atoms with Crippen LogP contribution in [0.5, 0.6) is 0 Å². The highest BCUT2D eigenvalue weighted by Gasteiger charge is 2.40. The maximum atomic E-state index is 3.56. The van der Waals surface area contributed by atoms with Crippen LogP contribution in [0.3, 0.4) is 0 Å². The molecular formula is C12H14BrN. The van der Waals surface area contributed by atoms with Crippen LogP contribution in [-0.4, -0.2) is 13.1 Å². The number of fused-ring (bicyclic) bond motifs is 3. The van der Waals surface area contributed by atoms with Gasteiger partial charge in [0.05, 0.1) is 0 Å². The second-order valence-corrected chi connectivity index (χ2v) is 5.41. The Bertz CT molecular complexity index is 375. The first-order valence-electron chi connectivity index (χ1n) is 5.27. The van der Waals surface area contributed by atoms with Crippen molar-refractivity contribution in [2.45, 2.75) is 18.8 Å². The molecule has 1 fully saturated rings. The predicted octanol–water partition coefficient (Wildman–Crippen LogP) is 2.87. The van der Waals surface area contributed by atoms with Crippen molar-refractivity contribution in [2.24, 2.45) is 5.92 Å². The summed E-state index contributed by atoms with van der Waals surface area (Å²) in [4.78, 5) is 0. The summed E-state index contributed by atoms with van der Waals surface area (Å²) in [7, 11) is 0. The van der Waals surface area contributed by atoms with Gasteiger partial charge in [-0.2, -0.15) is 0 Å². The fraction of sp³-hybridized carbons (Fsp3) is 0.500. The van der Waals surface area contributed by atoms with E-state index in [1.807, 2.05) is 0 Å². The fourth-order valence-electron chi connectivity index (χ4n) is 3.07. The molecule has 0 radical (unpaired) electrons. The standard InChI is InChI=1S/C12H14BrN/c1-7-10-4-8(13)2-3-9(10)12-6-14-5-11(7)12/h2-4,7,11-12,14H,5-6H2,1H3. The van der Waals surface area contributed by atoms with Gasteiger partial charge >= 0.3 is 0 Å². The topological polar surface area (TPSA) is 12.0 Å². The van der Waals surface area contributed by atoms with E-state index in [0.717, 1.165) is 17.8 Å². The van der Waals surface area contributed by atoms with Crippen LogP contribution in [0, 0.1) is 5.92 Å². The van der Waals surface area contributed by atoms with Crippen molar-refractivity contribution in [1.29, 1.82) is 0 Å². The summed E-state index contributed by atoms with van der Waals surface area (Å²) in [5, 5.41) is 3.50. The predicted molar refractivity (Wildman–Crippen MR) is 61.7 cm³/mol. The van der Waals surface area contributed by atoms with Crippen molar-refractivity contribution in [2.75, 3.05) is 13.1 Å². The number of halogens is 1. The van der Waals surface area contributed by atoms with Crippen molar-refractivity contribution < 1.29 is 0 Å². The fourth-order valence-corrected chi connectivity index (χ4v) is 3.45. The Labute approximate surface area is 93.0 Å². The first-order chi connectivity index (χ1) is 6.77. The van der Waals surface area contributed by atoms with Crippen LogP contribution in [0.1, 0.15) is 29.9 Å². The third-order valence-corrected chi connectivity index (χ3v) is 4.34. The molecule has 1 aromatic carbocycles. The SMILES string of the molecule is CC1c2cc(Br)ccc2C2CNCC12. The molecule has 2 heteroatoms. The Kier molecular flexibility index (Phi) is 1.96. The zero-order valence-corrected chi connectivity index (χ0v) is 9.84. The molecule has 3 atom stereocenters. The Balaban J connectivity index is 2.13. The van der Waals surface area contributed by atoms with Gasteiger partial charge in [-0.15, -0.1) is 0 Å². The van der Waals surface area contributed by atoms with Crippen LogP contribution in [-0.2, 0) is 0 Å². The second-order valence-electron chi connectivity index (χ2n) is 4.49. The summed E-state index contributed by atoms with van der Waals surface area (Å²) < 4.78 is 1.22. The van der Waals surface area contributed by atoms with Gasteiger partial charge in [-0.1, -0.05) is 28.9 Å². The van der Waals surface area contributed by atoms with E-state index >= 15 is 0 Å². The molecule has 1 N–H and O–H groups in total. The van der Waals surface area contributed by atoms with E-state index < -0.39 is 0 Å². The number of hydrogen-bond donors (Lipinski definition) is 1. The molecule has 0 aromatic heterocycles. The minimum atomic E-state index is 0.725. The molecule has 3 rings (SSSR count). The van der Waals surface area contributed by atoms with Crippen molar-refractivity contribution in [1.82, 2.24) is 5.32 Å². The van der Waals surface area contributed by atoms with E-state index in [-0.39, 0.29) is 0 Å². The molecular weight excluding hydrogens is 238 g/mol. The second kappa shape index (κ2) is 3.07. The molecule has 0 saturated carbocycles. The minimum Gasteiger partial charge on any atom is -0.316 e. The lowest BCUT2D eigenvalue weighted by Gasteiger charge is -2.12. The number of benzene rings is 1. The summed E-state index contributed by atoms with van der Waals surface area (Å²) in [5.74, 6) is 2.33. The normalized spacial score (nSPS) is 34.3. The van der Waals surface area contributed by atoms with Crippen molar-refractivity contribution in [3.05, 3.63) is 33.8 Å². The third-order valence-electron chi connectivity index (χ3n) is 3.84. The van der Waals surface area contributed by atoms with Gasteiger partial charge < -0.3 is 5.32 Å². The lowest BCUT2D eigenvalue weighted by Crippen LogP contribution is -2.12. The van der Waals surface area contributed by atoms with Crippen LogP contribution in [0.25, 0.3) is 0 Å². The molecule has 14 heavy (non-hydrogen) atoms. The molecule has 1 aliphatic heterocycles. The molecule has 1 heterocycles. The molecule has 1 saturated heterocycles. The van der Waals surface area contributed by atoms with Crippen LogP contribution in [0.2, 0.25) is 0 Å². The van der Waals surface area contributed by atoms with E-state index in [4.69, 9.17) is 0 Å². The Morgan fingerprint density at radius 1 is 1.29 bits per heavy atom. The van der Waals surface area contributed by atoms with Gasteiger partial charge in [0, 0.05) is 16.9 Å². The summed E-state index contributed by atoms with van der Waals surface area (Å²) in [5.41, 5.74) is 3.14. The molecule has 1 aliphatic carbocycles. The minimum absolute atomic E-state index is 0.725. The molecule has 0 bridgehead atoms. The first kappa shape index (κ1) is 8.93. The van der Waals surface area contributed by atoms with E-state index in [0.29, 0.717) is 0 Å². The van der Waals surface area contributed by atoms with Gasteiger partial charge in [-0.05, 0) is 41.6 Å². The van der Waals surface area contributed by atoms with Gasteiger partial charge in [0.1, 0.15) is 0 Å².